The van der Waals surface area contributed by atoms with E-state index in [0.29, 0.717) is 16.0 Å². The lowest BCUT2D eigenvalue weighted by molar-refractivity contribution is -0.123. The average molecular weight is 414 g/mol. The van der Waals surface area contributed by atoms with Crippen molar-refractivity contribution in [1.29, 1.82) is 0 Å². The van der Waals surface area contributed by atoms with Gasteiger partial charge >= 0.3 is 0 Å². The molecule has 0 spiro atoms. The van der Waals surface area contributed by atoms with Crippen LogP contribution in [0.3, 0.4) is 0 Å². The van der Waals surface area contributed by atoms with E-state index in [4.69, 9.17) is 4.42 Å². The van der Waals surface area contributed by atoms with Crippen LogP contribution in [-0.4, -0.2) is 11.8 Å². The quantitative estimate of drug-likeness (QED) is 0.580. The summed E-state index contributed by atoms with van der Waals surface area (Å²) in [4.78, 5) is 23.0. The van der Waals surface area contributed by atoms with Crippen molar-refractivity contribution in [3.63, 3.8) is 0 Å². The first kappa shape index (κ1) is 14.3. The van der Waals surface area contributed by atoms with E-state index in [2.05, 4.69) is 42.5 Å². The standard InChI is InChI=1S/C14H10Br2N2O3/c15-13(8-3-4-21-14(8)16)7-1-2-9-10(5-7)18-12(20)6-11(19)17-9/h1-5,13H,6H2,(H,17,19)(H,18,20). The average Bonchev–Trinajstić information content (AvgIpc) is 2.79. The largest absolute Gasteiger partial charge is 0.457 e. The van der Waals surface area contributed by atoms with Gasteiger partial charge in [-0.3, -0.25) is 9.59 Å². The molecule has 2 N–H and O–H groups in total. The van der Waals surface area contributed by atoms with Crippen LogP contribution in [0.4, 0.5) is 11.4 Å². The summed E-state index contributed by atoms with van der Waals surface area (Å²) >= 11 is 6.95. The summed E-state index contributed by atoms with van der Waals surface area (Å²) in [5.74, 6) is -0.633. The molecule has 0 fully saturated rings. The minimum Gasteiger partial charge on any atom is -0.457 e. The third kappa shape index (κ3) is 2.89. The Morgan fingerprint density at radius 3 is 2.48 bits per heavy atom. The van der Waals surface area contributed by atoms with Crippen molar-refractivity contribution in [1.82, 2.24) is 0 Å². The number of hydrogen-bond acceptors (Lipinski definition) is 3. The number of nitrogens with one attached hydrogen (secondary N) is 2. The molecule has 2 heterocycles. The third-order valence-corrected chi connectivity index (χ3v) is 4.79. The van der Waals surface area contributed by atoms with Crippen molar-refractivity contribution in [3.8, 4) is 0 Å². The molecule has 1 atom stereocenters. The highest BCUT2D eigenvalue weighted by Gasteiger charge is 2.21. The van der Waals surface area contributed by atoms with E-state index in [0.717, 1.165) is 11.1 Å². The molecule has 1 aromatic heterocycles. The van der Waals surface area contributed by atoms with Crippen LogP contribution in [0.1, 0.15) is 22.4 Å². The third-order valence-electron chi connectivity index (χ3n) is 3.12. The first-order valence-corrected chi connectivity index (χ1v) is 7.86. The van der Waals surface area contributed by atoms with Crippen molar-refractivity contribution in [2.24, 2.45) is 0 Å². The van der Waals surface area contributed by atoms with E-state index >= 15 is 0 Å². The maximum Gasteiger partial charge on any atom is 0.233 e. The van der Waals surface area contributed by atoms with Crippen LogP contribution in [0.15, 0.2) is 39.6 Å². The first-order chi connectivity index (χ1) is 10.0. The highest BCUT2D eigenvalue weighted by molar-refractivity contribution is 9.10. The summed E-state index contributed by atoms with van der Waals surface area (Å²) in [7, 11) is 0. The molecule has 0 saturated carbocycles. The fourth-order valence-electron chi connectivity index (χ4n) is 2.13. The highest BCUT2D eigenvalue weighted by atomic mass is 79.9. The zero-order valence-corrected chi connectivity index (χ0v) is 13.8. The topological polar surface area (TPSA) is 71.3 Å². The van der Waals surface area contributed by atoms with E-state index in [1.54, 1.807) is 12.3 Å². The SMILES string of the molecule is O=C1CC(=O)Nc2cc(C(Br)c3ccoc3Br)ccc2N1. The summed E-state index contributed by atoms with van der Waals surface area (Å²) in [6.07, 6.45) is 1.42. The zero-order valence-electron chi connectivity index (χ0n) is 10.7. The van der Waals surface area contributed by atoms with Crippen molar-refractivity contribution in [2.45, 2.75) is 11.2 Å². The van der Waals surface area contributed by atoms with Gasteiger partial charge in [0.15, 0.2) is 4.67 Å². The Morgan fingerprint density at radius 1 is 1.10 bits per heavy atom. The molecule has 2 amide bonds. The number of alkyl halides is 1. The molecule has 3 rings (SSSR count). The van der Waals surface area contributed by atoms with Gasteiger partial charge in [0.1, 0.15) is 6.42 Å². The summed E-state index contributed by atoms with van der Waals surface area (Å²) in [5, 5.41) is 5.43. The van der Waals surface area contributed by atoms with Gasteiger partial charge in [0.25, 0.3) is 0 Å². The molecule has 1 aliphatic rings. The number of amides is 2. The van der Waals surface area contributed by atoms with E-state index in [1.807, 2.05) is 18.2 Å². The Hall–Kier alpha value is -1.60. The number of hydrogen-bond donors (Lipinski definition) is 2. The second kappa shape index (κ2) is 5.65. The van der Waals surface area contributed by atoms with Crippen molar-refractivity contribution < 1.29 is 14.0 Å². The lowest BCUT2D eigenvalue weighted by Gasteiger charge is -2.13. The van der Waals surface area contributed by atoms with Crippen LogP contribution in [0, 0.1) is 0 Å². The van der Waals surface area contributed by atoms with Crippen LogP contribution in [0.2, 0.25) is 0 Å². The molecule has 0 radical (unpaired) electrons. The van der Waals surface area contributed by atoms with Crippen LogP contribution in [-0.2, 0) is 9.59 Å². The maximum atomic E-state index is 11.6. The predicted octanol–water partition coefficient (Wildman–Crippen LogP) is 3.81. The molecule has 21 heavy (non-hydrogen) atoms. The maximum absolute atomic E-state index is 11.6. The Kier molecular flexibility index (Phi) is 3.86. The summed E-state index contributed by atoms with van der Waals surface area (Å²) in [5.41, 5.74) is 3.07. The Labute approximate surface area is 137 Å². The van der Waals surface area contributed by atoms with Gasteiger partial charge in [-0.1, -0.05) is 22.0 Å². The molecule has 5 nitrogen and oxygen atoms in total. The normalized spacial score (nSPS) is 15.7. The van der Waals surface area contributed by atoms with E-state index in [9.17, 15) is 9.59 Å². The molecule has 7 heteroatoms. The van der Waals surface area contributed by atoms with E-state index in [-0.39, 0.29) is 23.1 Å². The number of anilines is 2. The number of benzene rings is 1. The lowest BCUT2D eigenvalue weighted by atomic mass is 10.1. The van der Waals surface area contributed by atoms with E-state index < -0.39 is 0 Å². The lowest BCUT2D eigenvalue weighted by Crippen LogP contribution is -2.16. The van der Waals surface area contributed by atoms with Gasteiger partial charge in [0.05, 0.1) is 22.5 Å². The fraction of sp³-hybridized carbons (Fsp3) is 0.143. The second-order valence-electron chi connectivity index (χ2n) is 4.59. The predicted molar refractivity (Wildman–Crippen MR) is 85.5 cm³/mol. The smallest absolute Gasteiger partial charge is 0.233 e. The molecule has 2 aromatic rings. The van der Waals surface area contributed by atoms with Gasteiger partial charge in [-0.25, -0.2) is 0 Å². The molecular formula is C14H10Br2N2O3. The Balaban J connectivity index is 1.98. The van der Waals surface area contributed by atoms with Crippen molar-refractivity contribution in [3.05, 3.63) is 46.3 Å². The number of carbonyl (C=O) groups is 2. The molecule has 0 aliphatic carbocycles. The molecule has 108 valence electrons. The van der Waals surface area contributed by atoms with Crippen LogP contribution < -0.4 is 10.6 Å². The van der Waals surface area contributed by atoms with Crippen LogP contribution in [0.25, 0.3) is 0 Å². The van der Waals surface area contributed by atoms with Gasteiger partial charge in [-0.2, -0.15) is 0 Å². The summed E-state index contributed by atoms with van der Waals surface area (Å²) in [6.45, 7) is 0. The Morgan fingerprint density at radius 2 is 1.81 bits per heavy atom. The number of carbonyl (C=O) groups excluding carboxylic acids is 2. The molecule has 1 unspecified atom stereocenters. The number of rotatable bonds is 2. The zero-order chi connectivity index (χ0) is 15.0. The summed E-state index contributed by atoms with van der Waals surface area (Å²) in [6, 6.07) is 7.35. The molecular weight excluding hydrogens is 404 g/mol. The second-order valence-corrected chi connectivity index (χ2v) is 6.23. The van der Waals surface area contributed by atoms with Crippen LogP contribution >= 0.6 is 31.9 Å². The minimum absolute atomic E-state index is 0.0909. The van der Waals surface area contributed by atoms with Gasteiger partial charge in [-0.05, 0) is 39.7 Å². The van der Waals surface area contributed by atoms with Gasteiger partial charge in [0, 0.05) is 5.56 Å². The van der Waals surface area contributed by atoms with Gasteiger partial charge in [0.2, 0.25) is 11.8 Å². The Bertz CT molecular complexity index is 727. The first-order valence-electron chi connectivity index (χ1n) is 6.15. The minimum atomic E-state index is -0.320. The van der Waals surface area contributed by atoms with E-state index in [1.165, 1.54) is 0 Å². The molecule has 1 aromatic carbocycles. The molecule has 1 aliphatic heterocycles. The van der Waals surface area contributed by atoms with Gasteiger partial charge < -0.3 is 15.1 Å². The summed E-state index contributed by atoms with van der Waals surface area (Å²) < 4.78 is 5.88. The highest BCUT2D eigenvalue weighted by Crippen LogP contribution is 2.38. The molecule has 0 bridgehead atoms. The molecule has 0 saturated heterocycles. The van der Waals surface area contributed by atoms with Crippen molar-refractivity contribution >= 4 is 55.0 Å². The van der Waals surface area contributed by atoms with Crippen molar-refractivity contribution in [2.75, 3.05) is 10.6 Å². The number of halogens is 2. The number of fused-ring (bicyclic) bond motifs is 1. The monoisotopic (exact) mass is 412 g/mol. The van der Waals surface area contributed by atoms with Gasteiger partial charge in [-0.15, -0.1) is 0 Å². The van der Waals surface area contributed by atoms with Crippen LogP contribution in [0.5, 0.6) is 0 Å². The number of furan rings is 1. The fourth-order valence-corrected chi connectivity index (χ4v) is 3.55.